The van der Waals surface area contributed by atoms with Crippen molar-refractivity contribution >= 4 is 22.1 Å². The van der Waals surface area contributed by atoms with E-state index in [1.165, 1.54) is 5.01 Å². The van der Waals surface area contributed by atoms with E-state index in [9.17, 15) is 8.42 Å². The summed E-state index contributed by atoms with van der Waals surface area (Å²) in [6.07, 6.45) is 1.65. The molecule has 0 N–H and O–H groups in total. The molecular formula is C22H19N3O3S. The van der Waals surface area contributed by atoms with Crippen LogP contribution in [-0.2, 0) is 16.6 Å². The molecule has 0 spiro atoms. The van der Waals surface area contributed by atoms with Crippen LogP contribution in [0.1, 0.15) is 16.7 Å². The van der Waals surface area contributed by atoms with Crippen LogP contribution in [0.25, 0.3) is 0 Å². The van der Waals surface area contributed by atoms with Crippen molar-refractivity contribution in [2.24, 2.45) is 9.50 Å². The molecule has 3 aromatic rings. The molecule has 0 aromatic heterocycles. The maximum atomic E-state index is 12.2. The van der Waals surface area contributed by atoms with Gasteiger partial charge in [-0.25, -0.2) is 5.01 Å². The minimum Gasteiger partial charge on any atom is -0.489 e. The van der Waals surface area contributed by atoms with Crippen LogP contribution in [0, 0.1) is 0 Å². The zero-order chi connectivity index (χ0) is 20.3. The summed E-state index contributed by atoms with van der Waals surface area (Å²) in [4.78, 5) is 0.206. The van der Waals surface area contributed by atoms with E-state index in [1.54, 1.807) is 37.5 Å². The van der Waals surface area contributed by atoms with Gasteiger partial charge >= 0.3 is 0 Å². The predicted molar refractivity (Wildman–Crippen MR) is 113 cm³/mol. The van der Waals surface area contributed by atoms with Gasteiger partial charge in [0.05, 0.1) is 6.21 Å². The highest BCUT2D eigenvalue weighted by Crippen LogP contribution is 2.27. The monoisotopic (exact) mass is 405 g/mol. The zero-order valence-electron chi connectivity index (χ0n) is 15.8. The molecule has 0 unspecified atom stereocenters. The van der Waals surface area contributed by atoms with Crippen LogP contribution >= 0.6 is 0 Å². The number of hydrazone groups is 1. The number of fused-ring (bicyclic) bond motifs is 1. The first kappa shape index (κ1) is 18.9. The third kappa shape index (κ3) is 4.20. The minimum atomic E-state index is -3.66. The summed E-state index contributed by atoms with van der Waals surface area (Å²) in [6, 6.07) is 24.2. The van der Waals surface area contributed by atoms with Crippen LogP contribution in [-0.4, -0.2) is 32.5 Å². The molecule has 6 nitrogen and oxygen atoms in total. The van der Waals surface area contributed by atoms with Crippen molar-refractivity contribution < 1.29 is 13.2 Å². The van der Waals surface area contributed by atoms with Gasteiger partial charge < -0.3 is 4.74 Å². The molecule has 4 rings (SSSR count). The summed E-state index contributed by atoms with van der Waals surface area (Å²) in [6.45, 7) is 0.505. The Morgan fingerprint density at radius 1 is 0.966 bits per heavy atom. The van der Waals surface area contributed by atoms with Gasteiger partial charge in [-0.1, -0.05) is 42.5 Å². The van der Waals surface area contributed by atoms with E-state index in [0.717, 1.165) is 16.9 Å². The van der Waals surface area contributed by atoms with Gasteiger partial charge in [0.1, 0.15) is 17.3 Å². The first-order chi connectivity index (χ1) is 14.0. The van der Waals surface area contributed by atoms with Gasteiger partial charge in [0.2, 0.25) is 0 Å². The SMILES string of the molecule is CN(N=Cc1ccc(OCc2ccccc2)cc1)C1=NS(=O)(=O)c2ccccc21. The summed E-state index contributed by atoms with van der Waals surface area (Å²) in [7, 11) is -1.99. The van der Waals surface area contributed by atoms with Crippen LogP contribution in [0.15, 0.2) is 93.3 Å². The molecule has 7 heteroatoms. The first-order valence-corrected chi connectivity index (χ1v) is 10.5. The quantitative estimate of drug-likeness (QED) is 0.480. The molecule has 0 saturated carbocycles. The molecule has 0 fully saturated rings. The van der Waals surface area contributed by atoms with E-state index in [0.29, 0.717) is 18.0 Å². The van der Waals surface area contributed by atoms with Crippen LogP contribution in [0.5, 0.6) is 5.75 Å². The Labute approximate surface area is 169 Å². The van der Waals surface area contributed by atoms with Crippen LogP contribution in [0.4, 0.5) is 0 Å². The maximum Gasteiger partial charge on any atom is 0.285 e. The Morgan fingerprint density at radius 3 is 2.41 bits per heavy atom. The minimum absolute atomic E-state index is 0.206. The lowest BCUT2D eigenvalue weighted by atomic mass is 10.2. The van der Waals surface area contributed by atoms with Gasteiger partial charge in [-0.05, 0) is 47.5 Å². The third-order valence-electron chi connectivity index (χ3n) is 4.43. The fraction of sp³-hybridized carbons (Fsp3) is 0.0909. The normalized spacial score (nSPS) is 14.4. The molecule has 1 heterocycles. The number of nitrogens with zero attached hydrogens (tertiary/aromatic N) is 3. The summed E-state index contributed by atoms with van der Waals surface area (Å²) < 4.78 is 34.0. The van der Waals surface area contributed by atoms with Crippen molar-refractivity contribution in [1.82, 2.24) is 5.01 Å². The molecule has 0 saturated heterocycles. The molecule has 146 valence electrons. The van der Waals surface area contributed by atoms with Gasteiger partial charge in [-0.3, -0.25) is 0 Å². The molecule has 1 aliphatic heterocycles. The Kier molecular flexibility index (Phi) is 5.14. The van der Waals surface area contributed by atoms with E-state index in [2.05, 4.69) is 9.50 Å². The summed E-state index contributed by atoms with van der Waals surface area (Å²) in [5.74, 6) is 1.07. The molecule has 0 radical (unpaired) electrons. The van der Waals surface area contributed by atoms with Crippen LogP contribution in [0.3, 0.4) is 0 Å². The average Bonchev–Trinajstić information content (AvgIpc) is 3.03. The second-order valence-electron chi connectivity index (χ2n) is 6.50. The van der Waals surface area contributed by atoms with Crippen molar-refractivity contribution in [2.75, 3.05) is 7.05 Å². The second-order valence-corrected chi connectivity index (χ2v) is 8.07. The number of hydrogen-bond acceptors (Lipinski definition) is 5. The van der Waals surface area contributed by atoms with Crippen molar-refractivity contribution in [3.05, 3.63) is 95.6 Å². The second kappa shape index (κ2) is 7.89. The number of ether oxygens (including phenoxy) is 1. The van der Waals surface area contributed by atoms with Gasteiger partial charge in [0.15, 0.2) is 5.84 Å². The molecule has 1 aliphatic rings. The number of rotatable bonds is 5. The van der Waals surface area contributed by atoms with Crippen molar-refractivity contribution in [2.45, 2.75) is 11.5 Å². The molecule has 3 aromatic carbocycles. The molecule has 0 bridgehead atoms. The standard InChI is InChI=1S/C22H19N3O3S/c1-25(22-20-9-5-6-10-21(20)29(26,27)24-22)23-15-17-11-13-19(14-12-17)28-16-18-7-3-2-4-8-18/h2-15H,16H2,1H3. The smallest absolute Gasteiger partial charge is 0.285 e. The van der Waals surface area contributed by atoms with E-state index in [4.69, 9.17) is 4.74 Å². The highest BCUT2D eigenvalue weighted by molar-refractivity contribution is 7.90. The maximum absolute atomic E-state index is 12.2. The van der Waals surface area contributed by atoms with Gasteiger partial charge in [-0.2, -0.15) is 13.5 Å². The van der Waals surface area contributed by atoms with Crippen molar-refractivity contribution in [1.29, 1.82) is 0 Å². The first-order valence-electron chi connectivity index (χ1n) is 9.02. The third-order valence-corrected chi connectivity index (χ3v) is 5.75. The van der Waals surface area contributed by atoms with E-state index in [-0.39, 0.29) is 4.90 Å². The largest absolute Gasteiger partial charge is 0.489 e. The number of hydrogen-bond donors (Lipinski definition) is 0. The Bertz CT molecular complexity index is 1170. The molecule has 0 atom stereocenters. The van der Waals surface area contributed by atoms with E-state index >= 15 is 0 Å². The summed E-state index contributed by atoms with van der Waals surface area (Å²) in [5, 5.41) is 5.80. The van der Waals surface area contributed by atoms with Gasteiger partial charge in [0.25, 0.3) is 10.0 Å². The summed E-state index contributed by atoms with van der Waals surface area (Å²) >= 11 is 0. The van der Waals surface area contributed by atoms with Crippen LogP contribution in [0.2, 0.25) is 0 Å². The van der Waals surface area contributed by atoms with Crippen molar-refractivity contribution in [3.63, 3.8) is 0 Å². The fourth-order valence-corrected chi connectivity index (χ4v) is 4.15. The lowest BCUT2D eigenvalue weighted by Crippen LogP contribution is -2.21. The predicted octanol–water partition coefficient (Wildman–Crippen LogP) is 3.68. The highest BCUT2D eigenvalue weighted by Gasteiger charge is 2.30. The lowest BCUT2D eigenvalue weighted by Gasteiger charge is -2.12. The van der Waals surface area contributed by atoms with E-state index < -0.39 is 10.0 Å². The van der Waals surface area contributed by atoms with Crippen LogP contribution < -0.4 is 4.74 Å². The topological polar surface area (TPSA) is 71.3 Å². The molecule has 0 amide bonds. The highest BCUT2D eigenvalue weighted by atomic mass is 32.2. The molecule has 0 aliphatic carbocycles. The molecule has 29 heavy (non-hydrogen) atoms. The lowest BCUT2D eigenvalue weighted by molar-refractivity contribution is 0.306. The van der Waals surface area contributed by atoms with Gasteiger partial charge in [-0.15, -0.1) is 4.40 Å². The van der Waals surface area contributed by atoms with Gasteiger partial charge in [0, 0.05) is 12.6 Å². The number of sulfonamides is 1. The fourth-order valence-electron chi connectivity index (χ4n) is 2.92. The summed E-state index contributed by atoms with van der Waals surface area (Å²) in [5.41, 5.74) is 2.52. The Hall–Kier alpha value is -3.45. The van der Waals surface area contributed by atoms with E-state index in [1.807, 2.05) is 54.6 Å². The number of benzene rings is 3. The Morgan fingerprint density at radius 2 is 1.66 bits per heavy atom. The average molecular weight is 405 g/mol. The van der Waals surface area contributed by atoms with Crippen molar-refractivity contribution in [3.8, 4) is 5.75 Å². The molecular weight excluding hydrogens is 386 g/mol. The number of amidine groups is 1. The Balaban J connectivity index is 1.43. The zero-order valence-corrected chi connectivity index (χ0v) is 16.6.